The van der Waals surface area contributed by atoms with Gasteiger partial charge >= 0.3 is 0 Å². The van der Waals surface area contributed by atoms with Crippen LogP contribution in [0.3, 0.4) is 0 Å². The molecular formula is C48H40N4. The van der Waals surface area contributed by atoms with Gasteiger partial charge in [0.15, 0.2) is 0 Å². The molecule has 0 bridgehead atoms. The van der Waals surface area contributed by atoms with Gasteiger partial charge in [0.2, 0.25) is 0 Å². The third-order valence-corrected chi connectivity index (χ3v) is 10.2. The first kappa shape index (κ1) is 31.7. The van der Waals surface area contributed by atoms with E-state index in [0.29, 0.717) is 0 Å². The van der Waals surface area contributed by atoms with Crippen molar-refractivity contribution < 1.29 is 0 Å². The second kappa shape index (κ2) is 12.8. The molecule has 0 N–H and O–H groups in total. The predicted octanol–water partition coefficient (Wildman–Crippen LogP) is 12.6. The molecule has 8 aromatic rings. The van der Waals surface area contributed by atoms with E-state index in [1.54, 1.807) is 0 Å². The zero-order valence-corrected chi connectivity index (χ0v) is 29.8. The van der Waals surface area contributed by atoms with Gasteiger partial charge < -0.3 is 9.47 Å². The summed E-state index contributed by atoms with van der Waals surface area (Å²) in [4.78, 5) is 13.0. The van der Waals surface area contributed by atoms with Gasteiger partial charge in [-0.05, 0) is 96.1 Å². The van der Waals surface area contributed by atoms with Crippen molar-refractivity contribution in [2.24, 2.45) is 0 Å². The van der Waals surface area contributed by atoms with Crippen LogP contribution in [0.2, 0.25) is 0 Å². The van der Waals surface area contributed by atoms with Crippen LogP contribution in [-0.2, 0) is 11.8 Å². The molecule has 0 amide bonds. The molecule has 4 nitrogen and oxygen atoms in total. The second-order valence-corrected chi connectivity index (χ2v) is 14.6. The Hall–Kier alpha value is -6.26. The lowest BCUT2D eigenvalue weighted by molar-refractivity contribution is 0.594. The number of aryl methyl sites for hydroxylation is 1. The Labute approximate surface area is 305 Å². The molecule has 2 heterocycles. The van der Waals surface area contributed by atoms with E-state index in [4.69, 9.17) is 9.97 Å². The second-order valence-electron chi connectivity index (χ2n) is 14.6. The smallest absolute Gasteiger partial charge is 0.0973 e. The molecule has 52 heavy (non-hydrogen) atoms. The van der Waals surface area contributed by atoms with Crippen molar-refractivity contribution in [3.05, 3.63) is 175 Å². The maximum atomic E-state index is 5.35. The molecule has 0 saturated carbocycles. The van der Waals surface area contributed by atoms with Crippen molar-refractivity contribution in [2.45, 2.75) is 39.0 Å². The fourth-order valence-corrected chi connectivity index (χ4v) is 7.69. The fraction of sp³-hybridized carbons (Fsp3) is 0.125. The van der Waals surface area contributed by atoms with Crippen LogP contribution >= 0.6 is 0 Å². The number of hydrogen-bond acceptors (Lipinski definition) is 3. The SMILES string of the molecule is CC(C)(C)c1cccc2nc(-c3ccc(N(c4ccccc4)c4ccc5c(c4)c4c(n5-c5ccccc5)C=CCC4)cc3)c(-c3ccccc3)nc12. The normalized spacial score (nSPS) is 12.7. The topological polar surface area (TPSA) is 34.0 Å². The molecule has 2 aromatic heterocycles. The van der Waals surface area contributed by atoms with Crippen LogP contribution in [0.5, 0.6) is 0 Å². The van der Waals surface area contributed by atoms with Gasteiger partial charge in [-0.25, -0.2) is 9.97 Å². The number of benzene rings is 6. The van der Waals surface area contributed by atoms with Crippen LogP contribution in [0.1, 0.15) is 44.0 Å². The van der Waals surface area contributed by atoms with Crippen molar-refractivity contribution in [2.75, 3.05) is 4.90 Å². The number of para-hydroxylation sites is 3. The highest BCUT2D eigenvalue weighted by atomic mass is 15.1. The van der Waals surface area contributed by atoms with E-state index < -0.39 is 0 Å². The van der Waals surface area contributed by atoms with E-state index in [2.05, 4.69) is 188 Å². The molecule has 0 unspecified atom stereocenters. The number of anilines is 3. The molecule has 6 aromatic carbocycles. The van der Waals surface area contributed by atoms with E-state index in [9.17, 15) is 0 Å². The third-order valence-electron chi connectivity index (χ3n) is 10.2. The first-order valence-electron chi connectivity index (χ1n) is 18.2. The van der Waals surface area contributed by atoms with Crippen molar-refractivity contribution in [3.63, 3.8) is 0 Å². The molecule has 0 saturated heterocycles. The van der Waals surface area contributed by atoms with Crippen molar-refractivity contribution in [1.82, 2.24) is 14.5 Å². The van der Waals surface area contributed by atoms with E-state index >= 15 is 0 Å². The van der Waals surface area contributed by atoms with Crippen molar-refractivity contribution >= 4 is 45.1 Å². The maximum absolute atomic E-state index is 5.35. The summed E-state index contributed by atoms with van der Waals surface area (Å²) in [5.41, 5.74) is 15.3. The number of aromatic nitrogens is 3. The van der Waals surface area contributed by atoms with Crippen LogP contribution in [0.15, 0.2) is 158 Å². The molecule has 0 radical (unpaired) electrons. The summed E-state index contributed by atoms with van der Waals surface area (Å²) in [6, 6.07) is 53.9. The number of allylic oxidation sites excluding steroid dienone is 1. The number of nitrogens with zero attached hydrogens (tertiary/aromatic N) is 4. The predicted molar refractivity (Wildman–Crippen MR) is 218 cm³/mol. The van der Waals surface area contributed by atoms with E-state index in [-0.39, 0.29) is 5.41 Å². The summed E-state index contributed by atoms with van der Waals surface area (Å²) in [5.74, 6) is 0. The first-order chi connectivity index (χ1) is 25.4. The van der Waals surface area contributed by atoms with Gasteiger partial charge in [-0.2, -0.15) is 0 Å². The van der Waals surface area contributed by atoms with E-state index in [0.717, 1.165) is 63.5 Å². The highest BCUT2D eigenvalue weighted by Crippen LogP contribution is 2.41. The van der Waals surface area contributed by atoms with Crippen LogP contribution in [0, 0.1) is 0 Å². The van der Waals surface area contributed by atoms with Crippen LogP contribution in [0.25, 0.3) is 56.2 Å². The Morgan fingerprint density at radius 3 is 1.96 bits per heavy atom. The van der Waals surface area contributed by atoms with Gasteiger partial charge in [0.1, 0.15) is 0 Å². The zero-order chi connectivity index (χ0) is 35.2. The summed E-state index contributed by atoms with van der Waals surface area (Å²) in [7, 11) is 0. The minimum atomic E-state index is -0.0601. The molecule has 4 heteroatoms. The van der Waals surface area contributed by atoms with Gasteiger partial charge in [0, 0.05) is 45.0 Å². The largest absolute Gasteiger partial charge is 0.310 e. The zero-order valence-electron chi connectivity index (χ0n) is 29.8. The van der Waals surface area contributed by atoms with Gasteiger partial charge in [-0.15, -0.1) is 0 Å². The number of fused-ring (bicyclic) bond motifs is 4. The summed E-state index contributed by atoms with van der Waals surface area (Å²) in [5, 5.41) is 1.30. The highest BCUT2D eigenvalue weighted by Gasteiger charge is 2.23. The maximum Gasteiger partial charge on any atom is 0.0973 e. The lowest BCUT2D eigenvalue weighted by Gasteiger charge is -2.26. The summed E-state index contributed by atoms with van der Waals surface area (Å²) < 4.78 is 2.41. The molecule has 252 valence electrons. The summed E-state index contributed by atoms with van der Waals surface area (Å²) in [6.07, 6.45) is 6.67. The van der Waals surface area contributed by atoms with Crippen molar-refractivity contribution in [1.29, 1.82) is 0 Å². The summed E-state index contributed by atoms with van der Waals surface area (Å²) >= 11 is 0. The standard InChI is InChI=1S/C48H40N4/c1-48(2,3)41-23-15-24-42-47(41)50-46(33-16-7-4-8-17-33)45(49-42)34-26-28-37(29-27-34)51(35-18-9-5-10-19-35)38-30-31-44-40(32-38)39-22-13-14-25-43(39)52(44)36-20-11-6-12-21-36/h4-12,14-21,23-32H,13,22H2,1-3H3. The Kier molecular flexibility index (Phi) is 7.81. The minimum absolute atomic E-state index is 0.0601. The number of hydrogen-bond donors (Lipinski definition) is 0. The molecule has 0 spiro atoms. The minimum Gasteiger partial charge on any atom is -0.310 e. The van der Waals surface area contributed by atoms with Gasteiger partial charge in [0.05, 0.1) is 27.9 Å². The lowest BCUT2D eigenvalue weighted by atomic mass is 9.86. The average molecular weight is 673 g/mol. The van der Waals surface area contributed by atoms with Gasteiger partial charge in [-0.1, -0.05) is 118 Å². The van der Waals surface area contributed by atoms with Gasteiger partial charge in [0.25, 0.3) is 0 Å². The van der Waals surface area contributed by atoms with Crippen LogP contribution in [-0.4, -0.2) is 14.5 Å². The number of rotatable bonds is 6. The molecule has 0 atom stereocenters. The van der Waals surface area contributed by atoms with Crippen LogP contribution < -0.4 is 4.90 Å². The Balaban J connectivity index is 1.18. The molecule has 0 aliphatic heterocycles. The molecule has 0 fully saturated rings. The Bertz CT molecular complexity index is 2580. The lowest BCUT2D eigenvalue weighted by Crippen LogP contribution is -2.13. The molecule has 9 rings (SSSR count). The first-order valence-corrected chi connectivity index (χ1v) is 18.2. The summed E-state index contributed by atoms with van der Waals surface area (Å²) in [6.45, 7) is 6.71. The average Bonchev–Trinajstić information content (AvgIpc) is 3.52. The van der Waals surface area contributed by atoms with Crippen LogP contribution in [0.4, 0.5) is 17.1 Å². The highest BCUT2D eigenvalue weighted by molar-refractivity contribution is 5.95. The monoisotopic (exact) mass is 672 g/mol. The third kappa shape index (κ3) is 5.57. The Morgan fingerprint density at radius 1 is 0.596 bits per heavy atom. The quantitative estimate of drug-likeness (QED) is 0.176. The van der Waals surface area contributed by atoms with Gasteiger partial charge in [-0.3, -0.25) is 0 Å². The Morgan fingerprint density at radius 2 is 1.23 bits per heavy atom. The fourth-order valence-electron chi connectivity index (χ4n) is 7.69. The van der Waals surface area contributed by atoms with E-state index in [1.807, 2.05) is 6.07 Å². The molecule has 1 aliphatic rings. The molecular weight excluding hydrogens is 633 g/mol. The molecule has 1 aliphatic carbocycles. The van der Waals surface area contributed by atoms with E-state index in [1.165, 1.54) is 33.4 Å². The van der Waals surface area contributed by atoms with Crippen molar-refractivity contribution in [3.8, 4) is 28.2 Å².